The second kappa shape index (κ2) is 4.62. The van der Waals surface area contributed by atoms with Crippen molar-refractivity contribution in [1.82, 2.24) is 0 Å². The largest absolute Gasteiger partial charge is 0.361 e. The zero-order valence-corrected chi connectivity index (χ0v) is 7.18. The van der Waals surface area contributed by atoms with Gasteiger partial charge in [-0.25, -0.2) is 0 Å². The molecule has 0 spiro atoms. The lowest BCUT2D eigenvalue weighted by Gasteiger charge is -1.97. The SMILES string of the molecule is N#C/C(=C/Nc1ccccc1)[N+](=O)[O-]. The Morgan fingerprint density at radius 3 is 2.64 bits per heavy atom. The van der Waals surface area contributed by atoms with E-state index in [9.17, 15) is 10.1 Å². The Labute approximate surface area is 80.4 Å². The fraction of sp³-hybridized carbons (Fsp3) is 0. The Bertz CT molecular complexity index is 392. The molecule has 0 bridgehead atoms. The highest BCUT2D eigenvalue weighted by atomic mass is 16.6. The zero-order chi connectivity index (χ0) is 10.4. The molecule has 0 aliphatic carbocycles. The van der Waals surface area contributed by atoms with Gasteiger partial charge in [0.2, 0.25) is 0 Å². The summed E-state index contributed by atoms with van der Waals surface area (Å²) in [5, 5.41) is 21.3. The number of nitrogens with zero attached hydrogens (tertiary/aromatic N) is 2. The number of allylic oxidation sites excluding steroid dienone is 1. The van der Waals surface area contributed by atoms with E-state index >= 15 is 0 Å². The number of nitriles is 1. The predicted octanol–water partition coefficient (Wildman–Crippen LogP) is 1.74. The lowest BCUT2D eigenvalue weighted by molar-refractivity contribution is -0.417. The van der Waals surface area contributed by atoms with Crippen molar-refractivity contribution in [1.29, 1.82) is 5.26 Å². The number of benzene rings is 1. The highest BCUT2D eigenvalue weighted by Crippen LogP contribution is 2.05. The summed E-state index contributed by atoms with van der Waals surface area (Å²) in [4.78, 5) is 9.49. The smallest absolute Gasteiger partial charge is 0.355 e. The van der Waals surface area contributed by atoms with Gasteiger partial charge in [-0.1, -0.05) is 18.2 Å². The lowest BCUT2D eigenvalue weighted by Crippen LogP contribution is -1.99. The normalized spacial score (nSPS) is 10.4. The van der Waals surface area contributed by atoms with E-state index in [1.807, 2.05) is 6.07 Å². The van der Waals surface area contributed by atoms with Crippen LogP contribution in [-0.2, 0) is 0 Å². The van der Waals surface area contributed by atoms with Gasteiger partial charge in [-0.2, -0.15) is 5.26 Å². The van der Waals surface area contributed by atoms with E-state index in [-0.39, 0.29) is 0 Å². The molecule has 0 aliphatic rings. The molecule has 14 heavy (non-hydrogen) atoms. The summed E-state index contributed by atoms with van der Waals surface area (Å²) >= 11 is 0. The molecule has 70 valence electrons. The van der Waals surface area contributed by atoms with Crippen LogP contribution in [0.15, 0.2) is 42.2 Å². The van der Waals surface area contributed by atoms with Gasteiger partial charge in [-0.3, -0.25) is 10.1 Å². The Hall–Kier alpha value is -2.35. The molecule has 0 aromatic heterocycles. The molecule has 0 atom stereocenters. The van der Waals surface area contributed by atoms with Crippen LogP contribution in [0.4, 0.5) is 5.69 Å². The van der Waals surface area contributed by atoms with Crippen molar-refractivity contribution in [2.24, 2.45) is 0 Å². The Kier molecular flexibility index (Phi) is 3.21. The van der Waals surface area contributed by atoms with Gasteiger partial charge in [0.15, 0.2) is 6.07 Å². The molecule has 1 aromatic rings. The minimum Gasteiger partial charge on any atom is -0.355 e. The summed E-state index contributed by atoms with van der Waals surface area (Å²) in [5.41, 5.74) is 0.177. The average Bonchev–Trinajstić information content (AvgIpc) is 2.20. The fourth-order valence-corrected chi connectivity index (χ4v) is 0.812. The Morgan fingerprint density at radius 2 is 2.14 bits per heavy atom. The molecule has 0 amide bonds. The quantitative estimate of drug-likeness (QED) is 0.446. The molecule has 0 fully saturated rings. The molecule has 0 aliphatic heterocycles. The van der Waals surface area contributed by atoms with Crippen molar-refractivity contribution in [2.45, 2.75) is 0 Å². The van der Waals surface area contributed by atoms with Crippen LogP contribution in [0.5, 0.6) is 0 Å². The van der Waals surface area contributed by atoms with Crippen molar-refractivity contribution >= 4 is 5.69 Å². The van der Waals surface area contributed by atoms with E-state index in [1.54, 1.807) is 24.3 Å². The number of nitrogens with one attached hydrogen (secondary N) is 1. The number of hydrogen-bond donors (Lipinski definition) is 1. The van der Waals surface area contributed by atoms with E-state index in [0.29, 0.717) is 5.69 Å². The van der Waals surface area contributed by atoms with Crippen LogP contribution in [0.1, 0.15) is 0 Å². The van der Waals surface area contributed by atoms with E-state index in [0.717, 1.165) is 6.20 Å². The monoisotopic (exact) mass is 189 g/mol. The highest BCUT2D eigenvalue weighted by Gasteiger charge is 2.06. The summed E-state index contributed by atoms with van der Waals surface area (Å²) in [6, 6.07) is 10.4. The van der Waals surface area contributed by atoms with Gasteiger partial charge in [0.05, 0.1) is 11.1 Å². The Morgan fingerprint density at radius 1 is 1.50 bits per heavy atom. The average molecular weight is 189 g/mol. The van der Waals surface area contributed by atoms with Gasteiger partial charge in [-0.05, 0) is 12.1 Å². The first-order chi connectivity index (χ1) is 6.74. The number of hydrogen-bond acceptors (Lipinski definition) is 4. The van der Waals surface area contributed by atoms with Crippen LogP contribution in [0.3, 0.4) is 0 Å². The maximum Gasteiger partial charge on any atom is 0.361 e. The van der Waals surface area contributed by atoms with Gasteiger partial charge >= 0.3 is 5.70 Å². The maximum absolute atomic E-state index is 10.2. The predicted molar refractivity (Wildman–Crippen MR) is 50.8 cm³/mol. The molecule has 1 aromatic carbocycles. The summed E-state index contributed by atoms with van der Waals surface area (Å²) in [6.45, 7) is 0. The molecular formula is C9H7N3O2. The minimum atomic E-state index is -0.740. The van der Waals surface area contributed by atoms with Gasteiger partial charge in [-0.15, -0.1) is 0 Å². The number of anilines is 1. The minimum absolute atomic E-state index is 0.520. The third-order valence-electron chi connectivity index (χ3n) is 1.46. The first-order valence-electron chi connectivity index (χ1n) is 3.80. The fourth-order valence-electron chi connectivity index (χ4n) is 0.812. The molecule has 1 rings (SSSR count). The molecular weight excluding hydrogens is 182 g/mol. The third kappa shape index (κ3) is 2.60. The zero-order valence-electron chi connectivity index (χ0n) is 7.18. The highest BCUT2D eigenvalue weighted by molar-refractivity contribution is 5.45. The number of rotatable bonds is 3. The van der Waals surface area contributed by atoms with Crippen molar-refractivity contribution in [2.75, 3.05) is 5.32 Å². The summed E-state index contributed by atoms with van der Waals surface area (Å²) in [6.07, 6.45) is 1.06. The first kappa shape index (κ1) is 9.74. The van der Waals surface area contributed by atoms with E-state index in [1.165, 1.54) is 6.07 Å². The molecule has 5 nitrogen and oxygen atoms in total. The number of nitro groups is 1. The second-order valence-electron chi connectivity index (χ2n) is 2.41. The molecule has 0 unspecified atom stereocenters. The standard InChI is InChI=1S/C9H7N3O2/c10-6-9(12(13)14)7-11-8-4-2-1-3-5-8/h1-5,7,11H/b9-7-. The van der Waals surface area contributed by atoms with Crippen LogP contribution < -0.4 is 5.32 Å². The molecule has 5 heteroatoms. The molecule has 0 radical (unpaired) electrons. The van der Waals surface area contributed by atoms with Gasteiger partial charge in [0.1, 0.15) is 0 Å². The van der Waals surface area contributed by atoms with E-state index < -0.39 is 10.6 Å². The second-order valence-corrected chi connectivity index (χ2v) is 2.41. The summed E-state index contributed by atoms with van der Waals surface area (Å²) < 4.78 is 0. The van der Waals surface area contributed by atoms with Crippen LogP contribution in [0.2, 0.25) is 0 Å². The van der Waals surface area contributed by atoms with Crippen molar-refractivity contribution in [3.63, 3.8) is 0 Å². The van der Waals surface area contributed by atoms with Gasteiger partial charge in [0, 0.05) is 5.69 Å². The molecule has 1 N–H and O–H groups in total. The van der Waals surface area contributed by atoms with Crippen LogP contribution >= 0.6 is 0 Å². The van der Waals surface area contributed by atoms with Crippen molar-refractivity contribution in [3.05, 3.63) is 52.3 Å². The van der Waals surface area contributed by atoms with Gasteiger partial charge < -0.3 is 5.32 Å². The van der Waals surface area contributed by atoms with Crippen molar-refractivity contribution in [3.8, 4) is 6.07 Å². The van der Waals surface area contributed by atoms with Crippen LogP contribution in [0.25, 0.3) is 0 Å². The molecule has 0 heterocycles. The lowest BCUT2D eigenvalue weighted by atomic mass is 10.3. The molecule has 0 saturated carbocycles. The van der Waals surface area contributed by atoms with E-state index in [2.05, 4.69) is 5.32 Å². The maximum atomic E-state index is 10.2. The van der Waals surface area contributed by atoms with Gasteiger partial charge in [0.25, 0.3) is 0 Å². The molecule has 0 saturated heterocycles. The number of para-hydroxylation sites is 1. The third-order valence-corrected chi connectivity index (χ3v) is 1.46. The van der Waals surface area contributed by atoms with E-state index in [4.69, 9.17) is 5.26 Å². The van der Waals surface area contributed by atoms with Crippen LogP contribution in [-0.4, -0.2) is 4.92 Å². The topological polar surface area (TPSA) is 79.0 Å². The Balaban J connectivity index is 2.73. The first-order valence-corrected chi connectivity index (χ1v) is 3.80. The summed E-state index contributed by atoms with van der Waals surface area (Å²) in [7, 11) is 0. The van der Waals surface area contributed by atoms with Crippen LogP contribution in [0, 0.1) is 21.4 Å². The summed E-state index contributed by atoms with van der Waals surface area (Å²) in [5.74, 6) is 0. The van der Waals surface area contributed by atoms with Crippen molar-refractivity contribution < 1.29 is 4.92 Å².